The smallest absolute Gasteiger partial charge is 0.243 e. The van der Waals surface area contributed by atoms with E-state index in [1.165, 1.54) is 42.6 Å². The average molecular weight is 330 g/mol. The monoisotopic (exact) mass is 330 g/mol. The molecule has 0 aromatic heterocycles. The van der Waals surface area contributed by atoms with Crippen molar-refractivity contribution in [3.63, 3.8) is 0 Å². The molecule has 1 aromatic carbocycles. The number of fused-ring (bicyclic) bond motifs is 3. The van der Waals surface area contributed by atoms with E-state index in [0.717, 1.165) is 24.4 Å². The Labute approximate surface area is 143 Å². The Bertz CT molecular complexity index is 584. The minimum atomic E-state index is 0.201. The van der Waals surface area contributed by atoms with Crippen LogP contribution in [0.2, 0.25) is 0 Å². The van der Waals surface area contributed by atoms with Gasteiger partial charge >= 0.3 is 0 Å². The fourth-order valence-electron chi connectivity index (χ4n) is 3.30. The molecule has 23 heavy (non-hydrogen) atoms. The van der Waals surface area contributed by atoms with E-state index in [0.29, 0.717) is 12.3 Å². The SMILES string of the molecule is CCCCCCCCN1N=C2c3ccccc3SCC2CC1=O. The molecule has 0 fully saturated rings. The Balaban J connectivity index is 1.63. The zero-order valence-electron chi connectivity index (χ0n) is 14.0. The molecule has 3 nitrogen and oxygen atoms in total. The molecule has 0 radical (unpaired) electrons. The van der Waals surface area contributed by atoms with Crippen molar-refractivity contribution < 1.29 is 4.79 Å². The van der Waals surface area contributed by atoms with Crippen LogP contribution in [0.3, 0.4) is 0 Å². The number of unbranched alkanes of at least 4 members (excludes halogenated alkanes) is 5. The number of benzene rings is 1. The van der Waals surface area contributed by atoms with E-state index in [-0.39, 0.29) is 5.91 Å². The lowest BCUT2D eigenvalue weighted by Crippen LogP contribution is -2.40. The van der Waals surface area contributed by atoms with Gasteiger partial charge in [-0.3, -0.25) is 4.79 Å². The summed E-state index contributed by atoms with van der Waals surface area (Å²) in [6.07, 6.45) is 8.06. The van der Waals surface area contributed by atoms with Gasteiger partial charge in [-0.2, -0.15) is 5.10 Å². The van der Waals surface area contributed by atoms with Crippen LogP contribution in [0.1, 0.15) is 57.4 Å². The minimum absolute atomic E-state index is 0.201. The van der Waals surface area contributed by atoms with Gasteiger partial charge in [0.05, 0.1) is 5.71 Å². The summed E-state index contributed by atoms with van der Waals surface area (Å²) in [4.78, 5) is 13.6. The average Bonchev–Trinajstić information content (AvgIpc) is 2.58. The van der Waals surface area contributed by atoms with Gasteiger partial charge in [0.1, 0.15) is 0 Å². The molecule has 2 heterocycles. The summed E-state index contributed by atoms with van der Waals surface area (Å²) in [6, 6.07) is 8.45. The number of carbonyl (C=O) groups excluding carboxylic acids is 1. The molecule has 1 aromatic rings. The quantitative estimate of drug-likeness (QED) is 0.679. The van der Waals surface area contributed by atoms with Gasteiger partial charge in [-0.15, -0.1) is 11.8 Å². The summed E-state index contributed by atoms with van der Waals surface area (Å²) in [5, 5.41) is 6.48. The summed E-state index contributed by atoms with van der Waals surface area (Å²) < 4.78 is 0. The second-order valence-corrected chi connectivity index (χ2v) is 7.54. The van der Waals surface area contributed by atoms with Crippen LogP contribution in [-0.2, 0) is 4.79 Å². The third-order valence-corrected chi connectivity index (χ3v) is 5.89. The lowest BCUT2D eigenvalue weighted by Gasteiger charge is -2.33. The first-order valence-electron chi connectivity index (χ1n) is 8.90. The Kier molecular flexibility index (Phi) is 5.76. The van der Waals surface area contributed by atoms with Crippen LogP contribution in [0.15, 0.2) is 34.3 Å². The van der Waals surface area contributed by atoms with E-state index in [9.17, 15) is 4.79 Å². The van der Waals surface area contributed by atoms with Gasteiger partial charge < -0.3 is 0 Å². The maximum atomic E-state index is 12.3. The van der Waals surface area contributed by atoms with Gasteiger partial charge in [0.2, 0.25) is 5.91 Å². The van der Waals surface area contributed by atoms with Gasteiger partial charge in [0.25, 0.3) is 0 Å². The standard InChI is InChI=1S/C19H26N2OS/c1-2-3-4-5-6-9-12-21-18(22)13-15-14-23-17-11-8-7-10-16(17)19(15)20-21/h7-8,10-11,15H,2-6,9,12-14H2,1H3. The van der Waals surface area contributed by atoms with Crippen LogP contribution in [0.25, 0.3) is 0 Å². The second kappa shape index (κ2) is 8.00. The molecule has 2 aliphatic rings. The van der Waals surface area contributed by atoms with Crippen molar-refractivity contribution in [3.05, 3.63) is 29.8 Å². The fourth-order valence-corrected chi connectivity index (χ4v) is 4.46. The van der Waals surface area contributed by atoms with Crippen LogP contribution in [-0.4, -0.2) is 28.9 Å². The van der Waals surface area contributed by atoms with E-state index in [4.69, 9.17) is 5.10 Å². The summed E-state index contributed by atoms with van der Waals surface area (Å²) >= 11 is 1.86. The van der Waals surface area contributed by atoms with Crippen LogP contribution in [0, 0.1) is 5.92 Å². The number of carbonyl (C=O) groups is 1. The number of hydrogen-bond acceptors (Lipinski definition) is 3. The maximum absolute atomic E-state index is 12.3. The zero-order valence-corrected chi connectivity index (χ0v) is 14.8. The molecule has 0 saturated carbocycles. The first kappa shape index (κ1) is 16.6. The fraction of sp³-hybridized carbons (Fsp3) is 0.579. The number of rotatable bonds is 7. The van der Waals surface area contributed by atoms with Crippen molar-refractivity contribution in [3.8, 4) is 0 Å². The third kappa shape index (κ3) is 3.97. The maximum Gasteiger partial charge on any atom is 0.243 e. The first-order valence-corrected chi connectivity index (χ1v) is 9.89. The van der Waals surface area contributed by atoms with Gasteiger partial charge in [-0.05, 0) is 12.5 Å². The molecule has 1 atom stereocenters. The first-order chi connectivity index (χ1) is 11.3. The zero-order chi connectivity index (χ0) is 16.1. The van der Waals surface area contributed by atoms with Gasteiger partial charge in [-0.1, -0.05) is 57.2 Å². The van der Waals surface area contributed by atoms with E-state index in [1.54, 1.807) is 5.01 Å². The Hall–Kier alpha value is -1.29. The number of hydrazone groups is 1. The summed E-state index contributed by atoms with van der Waals surface area (Å²) in [5.41, 5.74) is 2.36. The highest BCUT2D eigenvalue weighted by Crippen LogP contribution is 2.36. The molecule has 3 rings (SSSR count). The summed E-state index contributed by atoms with van der Waals surface area (Å²) in [7, 11) is 0. The molecule has 0 N–H and O–H groups in total. The Morgan fingerprint density at radius 1 is 1.17 bits per heavy atom. The predicted molar refractivity (Wildman–Crippen MR) is 96.9 cm³/mol. The topological polar surface area (TPSA) is 32.7 Å². The van der Waals surface area contributed by atoms with Gasteiger partial charge in [0.15, 0.2) is 0 Å². The van der Waals surface area contributed by atoms with Gasteiger partial charge in [-0.25, -0.2) is 5.01 Å². The van der Waals surface area contributed by atoms with E-state index in [1.807, 2.05) is 11.8 Å². The minimum Gasteiger partial charge on any atom is -0.273 e. The molecule has 124 valence electrons. The van der Waals surface area contributed by atoms with Crippen molar-refractivity contribution in [2.45, 2.75) is 56.8 Å². The molecule has 1 unspecified atom stereocenters. The lowest BCUT2D eigenvalue weighted by molar-refractivity contribution is -0.132. The second-order valence-electron chi connectivity index (χ2n) is 6.48. The van der Waals surface area contributed by atoms with Crippen LogP contribution >= 0.6 is 11.8 Å². The lowest BCUT2D eigenvalue weighted by atomic mass is 9.93. The van der Waals surface area contributed by atoms with Crippen LogP contribution < -0.4 is 0 Å². The molecular formula is C19H26N2OS. The molecule has 4 heteroatoms. The van der Waals surface area contributed by atoms with Crippen molar-refractivity contribution in [1.29, 1.82) is 0 Å². The van der Waals surface area contributed by atoms with Gasteiger partial charge in [0, 0.05) is 35.1 Å². The highest BCUT2D eigenvalue weighted by Gasteiger charge is 2.33. The summed E-state index contributed by atoms with van der Waals surface area (Å²) in [6.45, 7) is 3.01. The number of nitrogens with zero attached hydrogens (tertiary/aromatic N) is 2. The number of amides is 1. The van der Waals surface area contributed by atoms with Crippen molar-refractivity contribution in [2.24, 2.45) is 11.0 Å². The molecule has 0 bridgehead atoms. The summed E-state index contributed by atoms with van der Waals surface area (Å²) in [5.74, 6) is 1.47. The number of thioether (sulfide) groups is 1. The van der Waals surface area contributed by atoms with Crippen molar-refractivity contribution in [2.75, 3.05) is 12.3 Å². The van der Waals surface area contributed by atoms with E-state index < -0.39 is 0 Å². The molecular weight excluding hydrogens is 304 g/mol. The number of hydrogen-bond donors (Lipinski definition) is 0. The highest BCUT2D eigenvalue weighted by atomic mass is 32.2. The Morgan fingerprint density at radius 3 is 2.83 bits per heavy atom. The van der Waals surface area contributed by atoms with Crippen LogP contribution in [0.4, 0.5) is 0 Å². The largest absolute Gasteiger partial charge is 0.273 e. The molecule has 0 saturated heterocycles. The molecule has 0 spiro atoms. The van der Waals surface area contributed by atoms with Crippen molar-refractivity contribution in [1.82, 2.24) is 5.01 Å². The van der Waals surface area contributed by atoms with Crippen LogP contribution in [0.5, 0.6) is 0 Å². The highest BCUT2D eigenvalue weighted by molar-refractivity contribution is 7.99. The molecule has 0 aliphatic carbocycles. The van der Waals surface area contributed by atoms with Crippen molar-refractivity contribution >= 4 is 23.4 Å². The van der Waals surface area contributed by atoms with E-state index >= 15 is 0 Å². The predicted octanol–water partition coefficient (Wildman–Crippen LogP) is 4.71. The third-order valence-electron chi connectivity index (χ3n) is 4.65. The molecule has 1 amide bonds. The van der Waals surface area contributed by atoms with E-state index in [2.05, 4.69) is 31.2 Å². The normalized spacial score (nSPS) is 20.0. The Morgan fingerprint density at radius 2 is 1.96 bits per heavy atom. The molecule has 2 aliphatic heterocycles.